The van der Waals surface area contributed by atoms with Gasteiger partial charge in [0.15, 0.2) is 0 Å². The summed E-state index contributed by atoms with van der Waals surface area (Å²) in [5.74, 6) is 0. The molecular weight excluding hydrogens is 84.1 g/mol. The van der Waals surface area contributed by atoms with Gasteiger partial charge in [-0.05, 0) is 6.92 Å². The van der Waals surface area contributed by atoms with Crippen LogP contribution in [-0.4, -0.2) is 0 Å². The Labute approximate surface area is 46.6 Å². The maximum Gasteiger partial charge on any atom is -0.0404 e. The molecule has 0 aliphatic rings. The van der Waals surface area contributed by atoms with Crippen molar-refractivity contribution >= 4 is 0 Å². The average molecular weight is 98.2 g/mol. The first kappa shape index (κ1) is 9.70. The molecule has 0 spiro atoms. The van der Waals surface area contributed by atoms with Crippen LogP contribution in [0.15, 0.2) is 24.8 Å². The van der Waals surface area contributed by atoms with Crippen LogP contribution in [-0.2, 0) is 0 Å². The van der Waals surface area contributed by atoms with Crippen molar-refractivity contribution in [2.24, 2.45) is 0 Å². The van der Waals surface area contributed by atoms with Gasteiger partial charge >= 0.3 is 0 Å². The molecule has 0 N–H and O–H groups in total. The van der Waals surface area contributed by atoms with Crippen LogP contribution in [0.4, 0.5) is 0 Å². The van der Waals surface area contributed by atoms with Crippen molar-refractivity contribution in [2.45, 2.75) is 20.8 Å². The molecule has 0 aromatic rings. The summed E-state index contributed by atoms with van der Waals surface area (Å²) in [5.41, 5.74) is 1.02. The van der Waals surface area contributed by atoms with Gasteiger partial charge in [-0.1, -0.05) is 38.7 Å². The van der Waals surface area contributed by atoms with Gasteiger partial charge in [0.2, 0.25) is 0 Å². The van der Waals surface area contributed by atoms with E-state index >= 15 is 0 Å². The van der Waals surface area contributed by atoms with Crippen LogP contribution in [0, 0.1) is 0 Å². The summed E-state index contributed by atoms with van der Waals surface area (Å²) >= 11 is 0. The molecule has 0 unspecified atom stereocenters. The fourth-order valence-electron chi connectivity index (χ4n) is 0. The molecule has 0 aromatic heterocycles. The molecule has 0 bridgehead atoms. The Kier molecular flexibility index (Phi) is 12.6. The Morgan fingerprint density at radius 1 is 1.43 bits per heavy atom. The van der Waals surface area contributed by atoms with E-state index in [0.717, 1.165) is 5.57 Å². The van der Waals surface area contributed by atoms with Crippen molar-refractivity contribution in [1.82, 2.24) is 0 Å². The Morgan fingerprint density at radius 3 is 1.57 bits per heavy atom. The summed E-state index contributed by atoms with van der Waals surface area (Å²) in [6.07, 6.45) is 1.72. The molecule has 0 heterocycles. The first-order chi connectivity index (χ1) is 3.27. The highest BCUT2D eigenvalue weighted by Crippen LogP contribution is 1.81. The standard InChI is InChI=1S/C5H8.C2H6/c1-4-5(2)3;1-2/h4H,1-2H2,3H3;1-2H3. The van der Waals surface area contributed by atoms with Gasteiger partial charge in [-0.25, -0.2) is 0 Å². The second kappa shape index (κ2) is 9.08. The lowest BCUT2D eigenvalue weighted by molar-refractivity contribution is 1.50. The SMILES string of the molecule is C=CC(=C)C.CC. The third-order valence-corrected chi connectivity index (χ3v) is 0.348. The lowest BCUT2D eigenvalue weighted by atomic mass is 10.4. The van der Waals surface area contributed by atoms with E-state index in [9.17, 15) is 0 Å². The van der Waals surface area contributed by atoms with Crippen molar-refractivity contribution in [1.29, 1.82) is 0 Å². The van der Waals surface area contributed by atoms with Crippen LogP contribution in [0.2, 0.25) is 0 Å². The molecule has 0 amide bonds. The largest absolute Gasteiger partial charge is 0.0988 e. The highest BCUT2D eigenvalue weighted by atomic mass is 13.7. The molecule has 0 saturated heterocycles. The van der Waals surface area contributed by atoms with Gasteiger partial charge in [0.1, 0.15) is 0 Å². The van der Waals surface area contributed by atoms with E-state index in [-0.39, 0.29) is 0 Å². The van der Waals surface area contributed by atoms with Crippen molar-refractivity contribution in [2.75, 3.05) is 0 Å². The predicted octanol–water partition coefficient (Wildman–Crippen LogP) is 2.77. The van der Waals surface area contributed by atoms with Crippen molar-refractivity contribution in [3.63, 3.8) is 0 Å². The van der Waals surface area contributed by atoms with E-state index in [4.69, 9.17) is 0 Å². The first-order valence-electron chi connectivity index (χ1n) is 2.55. The quantitative estimate of drug-likeness (QED) is 0.442. The molecule has 0 nitrogen and oxygen atoms in total. The summed E-state index contributed by atoms with van der Waals surface area (Å²) in [4.78, 5) is 0. The topological polar surface area (TPSA) is 0 Å². The molecule has 0 aromatic carbocycles. The average Bonchev–Trinajstić information content (AvgIpc) is 1.73. The van der Waals surface area contributed by atoms with Gasteiger partial charge in [0.25, 0.3) is 0 Å². The minimum absolute atomic E-state index is 1.02. The molecular formula is C7H14. The van der Waals surface area contributed by atoms with E-state index in [0.29, 0.717) is 0 Å². The number of hydrogen-bond acceptors (Lipinski definition) is 0. The Morgan fingerprint density at radius 2 is 1.57 bits per heavy atom. The van der Waals surface area contributed by atoms with Crippen molar-refractivity contribution in [3.05, 3.63) is 24.8 Å². The minimum Gasteiger partial charge on any atom is -0.0988 e. The lowest BCUT2D eigenvalue weighted by Gasteiger charge is -1.71. The number of rotatable bonds is 1. The third kappa shape index (κ3) is 30.3. The number of allylic oxidation sites excluding steroid dienone is 2. The van der Waals surface area contributed by atoms with Crippen molar-refractivity contribution in [3.8, 4) is 0 Å². The highest BCUT2D eigenvalue weighted by Gasteiger charge is 1.59. The highest BCUT2D eigenvalue weighted by molar-refractivity contribution is 5.05. The molecule has 0 saturated carbocycles. The van der Waals surface area contributed by atoms with Gasteiger partial charge in [-0.2, -0.15) is 0 Å². The zero-order chi connectivity index (χ0) is 6.28. The van der Waals surface area contributed by atoms with E-state index in [1.807, 2.05) is 20.8 Å². The molecule has 0 rings (SSSR count). The second-order valence-electron chi connectivity index (χ2n) is 1.05. The zero-order valence-corrected chi connectivity index (χ0v) is 5.49. The molecule has 0 radical (unpaired) electrons. The Balaban J connectivity index is 0. The molecule has 0 aliphatic carbocycles. The minimum atomic E-state index is 1.02. The summed E-state index contributed by atoms with van der Waals surface area (Å²) in [5, 5.41) is 0. The van der Waals surface area contributed by atoms with Gasteiger partial charge in [0.05, 0.1) is 0 Å². The van der Waals surface area contributed by atoms with Crippen LogP contribution < -0.4 is 0 Å². The van der Waals surface area contributed by atoms with E-state index in [1.165, 1.54) is 0 Å². The van der Waals surface area contributed by atoms with E-state index in [2.05, 4.69) is 13.2 Å². The van der Waals surface area contributed by atoms with Gasteiger partial charge < -0.3 is 0 Å². The molecule has 0 atom stereocenters. The maximum atomic E-state index is 3.56. The molecule has 42 valence electrons. The monoisotopic (exact) mass is 98.1 g/mol. The summed E-state index contributed by atoms with van der Waals surface area (Å²) in [7, 11) is 0. The van der Waals surface area contributed by atoms with E-state index < -0.39 is 0 Å². The van der Waals surface area contributed by atoms with Crippen LogP contribution in [0.3, 0.4) is 0 Å². The Hall–Kier alpha value is -0.520. The number of hydrogen-bond donors (Lipinski definition) is 0. The molecule has 0 aliphatic heterocycles. The second-order valence-corrected chi connectivity index (χ2v) is 1.05. The van der Waals surface area contributed by atoms with Gasteiger partial charge in [-0.15, -0.1) is 0 Å². The lowest BCUT2D eigenvalue weighted by Crippen LogP contribution is -1.50. The van der Waals surface area contributed by atoms with Crippen LogP contribution in [0.5, 0.6) is 0 Å². The summed E-state index contributed by atoms with van der Waals surface area (Å²) in [6.45, 7) is 12.9. The third-order valence-electron chi connectivity index (χ3n) is 0.348. The molecule has 0 heteroatoms. The van der Waals surface area contributed by atoms with Crippen molar-refractivity contribution < 1.29 is 0 Å². The van der Waals surface area contributed by atoms with Gasteiger partial charge in [0, 0.05) is 0 Å². The van der Waals surface area contributed by atoms with Crippen LogP contribution >= 0.6 is 0 Å². The predicted molar refractivity (Wildman–Crippen MR) is 36.4 cm³/mol. The molecule has 0 fully saturated rings. The first-order valence-corrected chi connectivity index (χ1v) is 2.55. The normalized spacial score (nSPS) is 5.57. The van der Waals surface area contributed by atoms with Crippen LogP contribution in [0.1, 0.15) is 20.8 Å². The summed E-state index contributed by atoms with van der Waals surface area (Å²) in [6, 6.07) is 0. The smallest absolute Gasteiger partial charge is 0.0404 e. The Bertz CT molecular complexity index is 51.1. The van der Waals surface area contributed by atoms with E-state index in [1.54, 1.807) is 6.08 Å². The molecule has 7 heavy (non-hydrogen) atoms. The van der Waals surface area contributed by atoms with Gasteiger partial charge in [-0.3, -0.25) is 0 Å². The van der Waals surface area contributed by atoms with Crippen LogP contribution in [0.25, 0.3) is 0 Å². The fraction of sp³-hybridized carbons (Fsp3) is 0.429. The fourth-order valence-corrected chi connectivity index (χ4v) is 0. The maximum absolute atomic E-state index is 3.56. The zero-order valence-electron chi connectivity index (χ0n) is 5.49. The summed E-state index contributed by atoms with van der Waals surface area (Å²) < 4.78 is 0.